The molecule has 10 heteroatoms. The molecule has 1 amide bonds. The molecule has 0 bridgehead atoms. The summed E-state index contributed by atoms with van der Waals surface area (Å²) in [5.74, 6) is 0.734. The lowest BCUT2D eigenvalue weighted by Gasteiger charge is -2.30. The lowest BCUT2D eigenvalue weighted by molar-refractivity contribution is 0.0722. The molecule has 3 aromatic heterocycles. The predicted molar refractivity (Wildman–Crippen MR) is 119 cm³/mol. The van der Waals surface area contributed by atoms with Crippen molar-refractivity contribution in [2.24, 2.45) is 0 Å². The van der Waals surface area contributed by atoms with E-state index in [1.165, 1.54) is 11.3 Å². The van der Waals surface area contributed by atoms with Gasteiger partial charge in [-0.2, -0.15) is 0 Å². The molecule has 0 unspecified atom stereocenters. The Morgan fingerprint density at radius 3 is 2.91 bits per heavy atom. The molecule has 8 nitrogen and oxygen atoms in total. The van der Waals surface area contributed by atoms with Gasteiger partial charge in [-0.25, -0.2) is 13.1 Å². The highest BCUT2D eigenvalue weighted by atomic mass is 32.2. The molecule has 0 saturated heterocycles. The zero-order valence-corrected chi connectivity index (χ0v) is 19.4. The van der Waals surface area contributed by atoms with Crippen LogP contribution in [0.15, 0.2) is 32.4 Å². The number of hydrogen-bond donors (Lipinski definition) is 1. The molecular weight excluding hydrogens is 448 g/mol. The molecule has 0 fully saturated rings. The first-order chi connectivity index (χ1) is 15.4. The van der Waals surface area contributed by atoms with Crippen LogP contribution in [0.1, 0.15) is 57.0 Å². The second-order valence-corrected chi connectivity index (χ2v) is 11.1. The zero-order chi connectivity index (χ0) is 22.3. The Morgan fingerprint density at radius 1 is 1.25 bits per heavy atom. The summed E-state index contributed by atoms with van der Waals surface area (Å²) in [6.07, 6.45) is 6.22. The number of thiophene rings is 1. The maximum Gasteiger partial charge on any atom is 0.276 e. The van der Waals surface area contributed by atoms with Crippen LogP contribution in [0.4, 0.5) is 0 Å². The third-order valence-electron chi connectivity index (χ3n) is 6.23. The number of nitrogens with one attached hydrogen (secondary N) is 1. The first-order valence-electron chi connectivity index (χ1n) is 10.7. The minimum absolute atomic E-state index is 0.108. The van der Waals surface area contributed by atoms with Crippen LogP contribution >= 0.6 is 11.3 Å². The number of pyridine rings is 1. The maximum atomic E-state index is 13.2. The Morgan fingerprint density at radius 2 is 2.09 bits per heavy atom. The number of aromatic nitrogens is 2. The van der Waals surface area contributed by atoms with Crippen LogP contribution in [0.25, 0.3) is 0 Å². The van der Waals surface area contributed by atoms with E-state index in [1.807, 2.05) is 6.92 Å². The highest BCUT2D eigenvalue weighted by Crippen LogP contribution is 2.29. The Kier molecular flexibility index (Phi) is 5.60. The summed E-state index contributed by atoms with van der Waals surface area (Å²) in [7, 11) is -3.56. The van der Waals surface area contributed by atoms with Gasteiger partial charge in [-0.15, -0.1) is 11.3 Å². The van der Waals surface area contributed by atoms with Crippen molar-refractivity contribution in [1.29, 1.82) is 0 Å². The molecule has 32 heavy (non-hydrogen) atoms. The van der Waals surface area contributed by atoms with Crippen LogP contribution < -0.4 is 4.72 Å². The number of aryl methyl sites for hydroxylation is 2. The van der Waals surface area contributed by atoms with Crippen LogP contribution in [-0.2, 0) is 42.4 Å². The standard InChI is InChI=1S/C22H24N4O4S2/c1-14-18(12-24-32(28,29)20-7-4-10-31-20)16-8-9-26(13-15(16)11-23-14)22(27)21-17-5-2-3-6-19(17)30-25-21/h4,7,10-11,24H,2-3,5-6,8-9,12-13H2,1H3. The summed E-state index contributed by atoms with van der Waals surface area (Å²) < 4.78 is 33.5. The van der Waals surface area contributed by atoms with Crippen molar-refractivity contribution in [3.05, 3.63) is 63.1 Å². The Bertz CT molecular complexity index is 1270. The fraction of sp³-hybridized carbons (Fsp3) is 0.409. The van der Waals surface area contributed by atoms with Gasteiger partial charge in [-0.1, -0.05) is 11.2 Å². The number of carbonyl (C=O) groups is 1. The summed E-state index contributed by atoms with van der Waals surface area (Å²) >= 11 is 1.19. The van der Waals surface area contributed by atoms with E-state index in [0.29, 0.717) is 29.4 Å². The van der Waals surface area contributed by atoms with Crippen molar-refractivity contribution in [1.82, 2.24) is 19.8 Å². The fourth-order valence-electron chi connectivity index (χ4n) is 4.49. The highest BCUT2D eigenvalue weighted by Gasteiger charge is 2.30. The molecule has 0 radical (unpaired) electrons. The van der Waals surface area contributed by atoms with Crippen LogP contribution in [0.2, 0.25) is 0 Å². The van der Waals surface area contributed by atoms with Crippen molar-refractivity contribution in [2.75, 3.05) is 6.54 Å². The van der Waals surface area contributed by atoms with Gasteiger partial charge in [-0.3, -0.25) is 9.78 Å². The number of rotatable bonds is 5. The third kappa shape index (κ3) is 3.87. The largest absolute Gasteiger partial charge is 0.360 e. The number of fused-ring (bicyclic) bond motifs is 2. The predicted octanol–water partition coefficient (Wildman–Crippen LogP) is 3.00. The van der Waals surface area contributed by atoms with Gasteiger partial charge in [0.15, 0.2) is 5.69 Å². The molecule has 168 valence electrons. The first kappa shape index (κ1) is 21.3. The van der Waals surface area contributed by atoms with E-state index in [0.717, 1.165) is 59.4 Å². The van der Waals surface area contributed by atoms with Gasteiger partial charge in [-0.05, 0) is 60.7 Å². The van der Waals surface area contributed by atoms with Crippen LogP contribution in [-0.4, -0.2) is 35.9 Å². The van der Waals surface area contributed by atoms with E-state index < -0.39 is 10.0 Å². The molecule has 0 aromatic carbocycles. The molecule has 1 aliphatic heterocycles. The maximum absolute atomic E-state index is 13.2. The second kappa shape index (κ2) is 8.42. The SMILES string of the molecule is Cc1ncc2c(c1CNS(=O)(=O)c1cccs1)CCN(C(=O)c1noc3c1CCCC3)C2. The molecule has 4 heterocycles. The van der Waals surface area contributed by atoms with Crippen molar-refractivity contribution < 1.29 is 17.7 Å². The summed E-state index contributed by atoms with van der Waals surface area (Å²) in [5.41, 5.74) is 5.08. The Hall–Kier alpha value is -2.56. The van der Waals surface area contributed by atoms with Crippen molar-refractivity contribution in [2.45, 2.75) is 56.3 Å². The molecule has 0 saturated carbocycles. The topological polar surface area (TPSA) is 105 Å². The van der Waals surface area contributed by atoms with E-state index in [1.54, 1.807) is 28.6 Å². The average molecular weight is 473 g/mol. The zero-order valence-electron chi connectivity index (χ0n) is 17.8. The molecule has 0 spiro atoms. The first-order valence-corrected chi connectivity index (χ1v) is 13.1. The van der Waals surface area contributed by atoms with Crippen molar-refractivity contribution >= 4 is 27.3 Å². The summed E-state index contributed by atoms with van der Waals surface area (Å²) in [6.45, 7) is 3.02. The average Bonchev–Trinajstić information content (AvgIpc) is 3.48. The fourth-order valence-corrected chi connectivity index (χ4v) is 6.52. The Balaban J connectivity index is 1.36. The number of nitrogens with zero attached hydrogens (tertiary/aromatic N) is 3. The smallest absolute Gasteiger partial charge is 0.276 e. The minimum Gasteiger partial charge on any atom is -0.360 e. The molecule has 0 atom stereocenters. The van der Waals surface area contributed by atoms with E-state index in [4.69, 9.17) is 4.52 Å². The molecule has 1 aliphatic carbocycles. The van der Waals surface area contributed by atoms with Crippen molar-refractivity contribution in [3.8, 4) is 0 Å². The van der Waals surface area contributed by atoms with E-state index in [2.05, 4.69) is 14.9 Å². The summed E-state index contributed by atoms with van der Waals surface area (Å²) in [4.78, 5) is 19.4. The molecule has 5 rings (SSSR count). The van der Waals surface area contributed by atoms with E-state index >= 15 is 0 Å². The molecule has 2 aliphatic rings. The van der Waals surface area contributed by atoms with Gasteiger partial charge in [0.05, 0.1) is 0 Å². The number of carbonyl (C=O) groups excluding carboxylic acids is 1. The van der Waals surface area contributed by atoms with Crippen molar-refractivity contribution in [3.63, 3.8) is 0 Å². The minimum atomic E-state index is -3.56. The normalized spacial score (nSPS) is 16.0. The highest BCUT2D eigenvalue weighted by molar-refractivity contribution is 7.91. The lowest BCUT2D eigenvalue weighted by atomic mass is 9.93. The van der Waals surface area contributed by atoms with Gasteiger partial charge >= 0.3 is 0 Å². The van der Waals surface area contributed by atoms with E-state index in [-0.39, 0.29) is 12.5 Å². The summed E-state index contributed by atoms with van der Waals surface area (Å²) in [5, 5.41) is 5.82. The lowest BCUT2D eigenvalue weighted by Crippen LogP contribution is -2.37. The number of hydrogen-bond acceptors (Lipinski definition) is 7. The van der Waals surface area contributed by atoms with Gasteiger partial charge in [0.2, 0.25) is 10.0 Å². The van der Waals surface area contributed by atoms with Gasteiger partial charge in [0.1, 0.15) is 9.97 Å². The monoisotopic (exact) mass is 472 g/mol. The van der Waals surface area contributed by atoms with E-state index in [9.17, 15) is 13.2 Å². The number of sulfonamides is 1. The van der Waals surface area contributed by atoms with Gasteiger partial charge in [0, 0.05) is 43.5 Å². The molecule has 1 N–H and O–H groups in total. The van der Waals surface area contributed by atoms with Crippen LogP contribution in [0, 0.1) is 6.92 Å². The van der Waals surface area contributed by atoms with Crippen LogP contribution in [0.3, 0.4) is 0 Å². The third-order valence-corrected chi connectivity index (χ3v) is 9.03. The number of amides is 1. The van der Waals surface area contributed by atoms with Gasteiger partial charge < -0.3 is 9.42 Å². The second-order valence-electron chi connectivity index (χ2n) is 8.20. The molecule has 3 aromatic rings. The van der Waals surface area contributed by atoms with Crippen LogP contribution in [0.5, 0.6) is 0 Å². The molecular formula is C22H24N4O4S2. The summed E-state index contributed by atoms with van der Waals surface area (Å²) in [6, 6.07) is 3.30. The Labute approximate surface area is 190 Å². The quantitative estimate of drug-likeness (QED) is 0.612. The van der Waals surface area contributed by atoms with Gasteiger partial charge in [0.25, 0.3) is 5.91 Å².